The van der Waals surface area contributed by atoms with Gasteiger partial charge in [-0.1, -0.05) is 18.6 Å². The Kier molecular flexibility index (Phi) is 8.20. The number of nitrogens with two attached hydrogens (primary N) is 1. The minimum atomic E-state index is -0.0373. The van der Waals surface area contributed by atoms with Gasteiger partial charge in [-0.2, -0.15) is 0 Å². The number of nitrogens with one attached hydrogen (secondary N) is 2. The van der Waals surface area contributed by atoms with Gasteiger partial charge < -0.3 is 21.3 Å². The smallest absolute Gasteiger partial charge is 0.230 e. The van der Waals surface area contributed by atoms with Crippen LogP contribution >= 0.6 is 0 Å². The van der Waals surface area contributed by atoms with Crippen LogP contribution < -0.4 is 21.3 Å². The Morgan fingerprint density at radius 1 is 1.07 bits per heavy atom. The van der Waals surface area contributed by atoms with Gasteiger partial charge in [-0.25, -0.2) is 0 Å². The van der Waals surface area contributed by atoms with E-state index in [4.69, 9.17) is 5.73 Å². The number of unbranched alkanes of at least 4 members (excludes halogenated alkanes) is 2. The zero-order valence-electron chi connectivity index (χ0n) is 17.3. The number of pyridine rings is 1. The largest absolute Gasteiger partial charge is 0.397 e. The number of piperidine rings is 1. The van der Waals surface area contributed by atoms with Gasteiger partial charge in [0, 0.05) is 37.0 Å². The molecule has 0 spiro atoms. The molecule has 0 saturated carbocycles. The molecule has 1 aliphatic rings. The Labute approximate surface area is 178 Å². The maximum absolute atomic E-state index is 13.1. The van der Waals surface area contributed by atoms with Gasteiger partial charge >= 0.3 is 0 Å². The number of anilines is 3. The van der Waals surface area contributed by atoms with Crippen LogP contribution in [0.3, 0.4) is 0 Å². The first-order chi connectivity index (χ1) is 14.6. The molecule has 1 saturated heterocycles. The number of nitrogens with zero attached hydrogens (tertiary/aromatic N) is 2. The zero-order valence-corrected chi connectivity index (χ0v) is 17.3. The highest BCUT2D eigenvalue weighted by atomic mass is 16.2. The van der Waals surface area contributed by atoms with Crippen LogP contribution in [0.5, 0.6) is 0 Å². The van der Waals surface area contributed by atoms with Crippen LogP contribution in [0, 0.1) is 5.92 Å². The molecule has 1 aromatic carbocycles. The van der Waals surface area contributed by atoms with Crippen LogP contribution in [0.15, 0.2) is 48.8 Å². The first kappa shape index (κ1) is 21.8. The minimum Gasteiger partial charge on any atom is -0.397 e. The van der Waals surface area contributed by atoms with Crippen molar-refractivity contribution in [3.8, 4) is 0 Å². The van der Waals surface area contributed by atoms with Gasteiger partial charge in [0.1, 0.15) is 0 Å². The molecule has 160 valence electrons. The molecule has 0 aliphatic carbocycles. The van der Waals surface area contributed by atoms with E-state index >= 15 is 0 Å². The van der Waals surface area contributed by atoms with Crippen molar-refractivity contribution in [2.75, 3.05) is 35.6 Å². The molecular weight excluding hydrogens is 378 g/mol. The number of carbonyl (C=O) groups is 2. The van der Waals surface area contributed by atoms with Crippen molar-refractivity contribution < 1.29 is 9.59 Å². The van der Waals surface area contributed by atoms with E-state index in [0.717, 1.165) is 50.9 Å². The van der Waals surface area contributed by atoms with E-state index in [1.54, 1.807) is 24.5 Å². The summed E-state index contributed by atoms with van der Waals surface area (Å²) in [5.74, 6) is 0.228. The molecular formula is C23H31N5O2. The molecule has 0 unspecified atom stereocenters. The maximum Gasteiger partial charge on any atom is 0.230 e. The van der Waals surface area contributed by atoms with Crippen molar-refractivity contribution in [1.82, 2.24) is 10.3 Å². The Morgan fingerprint density at radius 3 is 2.53 bits per heavy atom. The molecule has 2 heterocycles. The standard InChI is InChI=1S/C23H31N5O2/c24-20-6-3-4-7-21(20)27-22(29)8-2-1-5-17-28(19-11-15-26-16-12-19)23(30)18-9-13-25-14-10-18/h3-4,6-7,11-12,15-16,18,25H,1-2,5,8-10,13-14,17,24H2,(H,27,29). The second kappa shape index (κ2) is 11.3. The van der Waals surface area contributed by atoms with Crippen LogP contribution in [0.4, 0.5) is 17.1 Å². The average Bonchev–Trinajstić information content (AvgIpc) is 2.78. The molecule has 2 amide bonds. The third-order valence-corrected chi connectivity index (χ3v) is 5.45. The van der Waals surface area contributed by atoms with Gasteiger partial charge in [0.15, 0.2) is 0 Å². The first-order valence-electron chi connectivity index (χ1n) is 10.7. The van der Waals surface area contributed by atoms with Crippen LogP contribution in [0.25, 0.3) is 0 Å². The van der Waals surface area contributed by atoms with Crippen LogP contribution in [0.2, 0.25) is 0 Å². The summed E-state index contributed by atoms with van der Waals surface area (Å²) in [6.07, 6.45) is 8.12. The summed E-state index contributed by atoms with van der Waals surface area (Å²) in [6, 6.07) is 11.0. The highest BCUT2D eigenvalue weighted by molar-refractivity contribution is 5.95. The fourth-order valence-electron chi connectivity index (χ4n) is 3.74. The topological polar surface area (TPSA) is 100 Å². The van der Waals surface area contributed by atoms with E-state index in [1.807, 2.05) is 29.2 Å². The van der Waals surface area contributed by atoms with Crippen molar-refractivity contribution in [1.29, 1.82) is 0 Å². The van der Waals surface area contributed by atoms with Crippen molar-refractivity contribution in [3.05, 3.63) is 48.8 Å². The lowest BCUT2D eigenvalue weighted by molar-refractivity contribution is -0.123. The highest BCUT2D eigenvalue weighted by Crippen LogP contribution is 2.22. The first-order valence-corrected chi connectivity index (χ1v) is 10.7. The van der Waals surface area contributed by atoms with Crippen molar-refractivity contribution in [2.24, 2.45) is 5.92 Å². The van der Waals surface area contributed by atoms with Gasteiger partial charge in [0.2, 0.25) is 11.8 Å². The Morgan fingerprint density at radius 2 is 1.80 bits per heavy atom. The summed E-state index contributed by atoms with van der Waals surface area (Å²) >= 11 is 0. The average molecular weight is 410 g/mol. The van der Waals surface area contributed by atoms with Gasteiger partial charge in [0.25, 0.3) is 0 Å². The molecule has 0 atom stereocenters. The number of benzene rings is 1. The Bertz CT molecular complexity index is 821. The molecule has 1 aromatic heterocycles. The van der Waals surface area contributed by atoms with Gasteiger partial charge in [0.05, 0.1) is 11.4 Å². The SMILES string of the molecule is Nc1ccccc1NC(=O)CCCCCN(C(=O)C1CCNCC1)c1ccncc1. The van der Waals surface area contributed by atoms with E-state index in [0.29, 0.717) is 24.3 Å². The number of aromatic nitrogens is 1. The minimum absolute atomic E-state index is 0.0373. The second-order valence-electron chi connectivity index (χ2n) is 7.67. The van der Waals surface area contributed by atoms with Crippen molar-refractivity contribution in [2.45, 2.75) is 38.5 Å². The predicted octanol–water partition coefficient (Wildman–Crippen LogP) is 3.20. The van der Waals surface area contributed by atoms with E-state index in [1.165, 1.54) is 0 Å². The van der Waals surface area contributed by atoms with E-state index in [9.17, 15) is 9.59 Å². The zero-order chi connectivity index (χ0) is 21.2. The highest BCUT2D eigenvalue weighted by Gasteiger charge is 2.26. The summed E-state index contributed by atoms with van der Waals surface area (Å²) in [6.45, 7) is 2.43. The summed E-state index contributed by atoms with van der Waals surface area (Å²) < 4.78 is 0. The van der Waals surface area contributed by atoms with Crippen LogP contribution in [-0.4, -0.2) is 36.4 Å². The third kappa shape index (κ3) is 6.29. The lowest BCUT2D eigenvalue weighted by atomic mass is 9.96. The molecule has 0 radical (unpaired) electrons. The molecule has 0 bridgehead atoms. The quantitative estimate of drug-likeness (QED) is 0.436. The number of para-hydroxylation sites is 2. The fraction of sp³-hybridized carbons (Fsp3) is 0.435. The molecule has 7 heteroatoms. The van der Waals surface area contributed by atoms with Gasteiger partial charge in [-0.05, 0) is 63.0 Å². The van der Waals surface area contributed by atoms with E-state index in [-0.39, 0.29) is 17.7 Å². The van der Waals surface area contributed by atoms with Gasteiger partial charge in [-0.15, -0.1) is 0 Å². The second-order valence-corrected chi connectivity index (χ2v) is 7.67. The van der Waals surface area contributed by atoms with Crippen molar-refractivity contribution in [3.63, 3.8) is 0 Å². The van der Waals surface area contributed by atoms with Crippen LogP contribution in [0.1, 0.15) is 38.5 Å². The molecule has 30 heavy (non-hydrogen) atoms. The lowest BCUT2D eigenvalue weighted by Crippen LogP contribution is -2.41. The molecule has 3 rings (SSSR count). The van der Waals surface area contributed by atoms with Crippen molar-refractivity contribution >= 4 is 28.9 Å². The third-order valence-electron chi connectivity index (χ3n) is 5.45. The monoisotopic (exact) mass is 409 g/mol. The summed E-state index contributed by atoms with van der Waals surface area (Å²) in [7, 11) is 0. The molecule has 1 fully saturated rings. The molecule has 2 aromatic rings. The molecule has 1 aliphatic heterocycles. The summed E-state index contributed by atoms with van der Waals surface area (Å²) in [4.78, 5) is 31.2. The van der Waals surface area contributed by atoms with Gasteiger partial charge in [-0.3, -0.25) is 14.6 Å². The normalized spacial score (nSPS) is 14.3. The Balaban J connectivity index is 1.46. The molecule has 7 nitrogen and oxygen atoms in total. The summed E-state index contributed by atoms with van der Waals surface area (Å²) in [5.41, 5.74) is 7.97. The van der Waals surface area contributed by atoms with Crippen LogP contribution in [-0.2, 0) is 9.59 Å². The lowest BCUT2D eigenvalue weighted by Gasteiger charge is -2.29. The number of nitrogen functional groups attached to an aromatic ring is 1. The van der Waals surface area contributed by atoms with E-state index < -0.39 is 0 Å². The number of hydrogen-bond acceptors (Lipinski definition) is 5. The predicted molar refractivity (Wildman–Crippen MR) is 120 cm³/mol. The number of carbonyl (C=O) groups excluding carboxylic acids is 2. The molecule has 4 N–H and O–H groups in total. The fourth-order valence-corrected chi connectivity index (χ4v) is 3.74. The number of amides is 2. The summed E-state index contributed by atoms with van der Waals surface area (Å²) in [5, 5.41) is 6.17. The van der Waals surface area contributed by atoms with E-state index in [2.05, 4.69) is 15.6 Å². The number of rotatable bonds is 9. The Hall–Kier alpha value is -2.93. The number of hydrogen-bond donors (Lipinski definition) is 3. The maximum atomic E-state index is 13.1.